The summed E-state index contributed by atoms with van der Waals surface area (Å²) in [6.07, 6.45) is 7.52. The second kappa shape index (κ2) is 4.95. The fourth-order valence-corrected chi connectivity index (χ4v) is 2.53. The summed E-state index contributed by atoms with van der Waals surface area (Å²) >= 11 is 5.93. The lowest BCUT2D eigenvalue weighted by molar-refractivity contribution is 0.244. The summed E-state index contributed by atoms with van der Waals surface area (Å²) in [4.78, 5) is 6.65. The molecule has 0 radical (unpaired) electrons. The van der Waals surface area contributed by atoms with Gasteiger partial charge in [-0.05, 0) is 55.2 Å². The van der Waals surface area contributed by atoms with E-state index in [9.17, 15) is 0 Å². The maximum absolute atomic E-state index is 5.93. The van der Waals surface area contributed by atoms with Crippen LogP contribution < -0.4 is 0 Å². The molecule has 0 bridgehead atoms. The fourth-order valence-electron chi connectivity index (χ4n) is 2.33. The van der Waals surface area contributed by atoms with Gasteiger partial charge >= 0.3 is 0 Å². The van der Waals surface area contributed by atoms with Crippen molar-refractivity contribution in [2.75, 3.05) is 13.1 Å². The van der Waals surface area contributed by atoms with Crippen LogP contribution >= 0.6 is 11.6 Å². The first-order valence-electron chi connectivity index (χ1n) is 6.62. The summed E-state index contributed by atoms with van der Waals surface area (Å²) in [5.74, 6) is 1.93. The molecular formula is C14H19ClN2. The molecule has 17 heavy (non-hydrogen) atoms. The van der Waals surface area contributed by atoms with E-state index in [1.165, 1.54) is 44.3 Å². The molecule has 0 aliphatic heterocycles. The van der Waals surface area contributed by atoms with Crippen LogP contribution in [0.2, 0.25) is 5.15 Å². The van der Waals surface area contributed by atoms with E-state index in [2.05, 4.69) is 16.0 Å². The van der Waals surface area contributed by atoms with Crippen LogP contribution in [0.4, 0.5) is 0 Å². The third kappa shape index (κ3) is 3.68. The molecule has 0 unspecified atom stereocenters. The van der Waals surface area contributed by atoms with Crippen molar-refractivity contribution in [2.24, 2.45) is 11.8 Å². The lowest BCUT2D eigenvalue weighted by Crippen LogP contribution is -2.27. The summed E-state index contributed by atoms with van der Waals surface area (Å²) in [7, 11) is 0. The molecule has 0 atom stereocenters. The van der Waals surface area contributed by atoms with Gasteiger partial charge in [-0.2, -0.15) is 0 Å². The van der Waals surface area contributed by atoms with Crippen LogP contribution in [0.25, 0.3) is 0 Å². The minimum Gasteiger partial charge on any atom is -0.299 e. The number of nitrogens with zero attached hydrogens (tertiary/aromatic N) is 2. The van der Waals surface area contributed by atoms with Crippen LogP contribution in [0, 0.1) is 11.8 Å². The lowest BCUT2D eigenvalue weighted by Gasteiger charge is -2.22. The van der Waals surface area contributed by atoms with Crippen molar-refractivity contribution in [2.45, 2.75) is 32.2 Å². The van der Waals surface area contributed by atoms with Gasteiger partial charge in [-0.25, -0.2) is 4.98 Å². The predicted molar refractivity (Wildman–Crippen MR) is 70.0 cm³/mol. The lowest BCUT2D eigenvalue weighted by atomic mass is 10.2. The Labute approximate surface area is 108 Å². The monoisotopic (exact) mass is 250 g/mol. The Morgan fingerprint density at radius 1 is 1.18 bits per heavy atom. The molecule has 3 heteroatoms. The molecule has 1 aromatic heterocycles. The van der Waals surface area contributed by atoms with Crippen LogP contribution in [0.3, 0.4) is 0 Å². The van der Waals surface area contributed by atoms with Crippen LogP contribution in [0.5, 0.6) is 0 Å². The smallest absolute Gasteiger partial charge is 0.129 e. The first kappa shape index (κ1) is 11.5. The van der Waals surface area contributed by atoms with Gasteiger partial charge in [0.15, 0.2) is 0 Å². The summed E-state index contributed by atoms with van der Waals surface area (Å²) < 4.78 is 0. The van der Waals surface area contributed by atoms with E-state index in [0.29, 0.717) is 5.15 Å². The number of hydrogen-bond acceptors (Lipinski definition) is 2. The van der Waals surface area contributed by atoms with Crippen molar-refractivity contribution < 1.29 is 0 Å². The Morgan fingerprint density at radius 3 is 2.35 bits per heavy atom. The molecule has 2 aliphatic carbocycles. The number of aromatic nitrogens is 1. The average molecular weight is 251 g/mol. The molecule has 0 aromatic carbocycles. The molecule has 0 spiro atoms. The number of pyridine rings is 1. The highest BCUT2D eigenvalue weighted by Crippen LogP contribution is 2.34. The zero-order valence-corrected chi connectivity index (χ0v) is 10.9. The van der Waals surface area contributed by atoms with E-state index >= 15 is 0 Å². The number of rotatable bonds is 6. The molecule has 1 aromatic rings. The number of hydrogen-bond donors (Lipinski definition) is 0. The van der Waals surface area contributed by atoms with Gasteiger partial charge in [0.1, 0.15) is 5.15 Å². The highest BCUT2D eigenvalue weighted by Gasteiger charge is 2.29. The van der Waals surface area contributed by atoms with Crippen LogP contribution in [0.15, 0.2) is 18.3 Å². The third-order valence-corrected chi connectivity index (χ3v) is 3.83. The predicted octanol–water partition coefficient (Wildman–Crippen LogP) is 3.36. The summed E-state index contributed by atoms with van der Waals surface area (Å²) in [6.45, 7) is 3.59. The average Bonchev–Trinajstić information content (AvgIpc) is 3.13. The zero-order valence-electron chi connectivity index (χ0n) is 10.1. The zero-order chi connectivity index (χ0) is 11.7. The van der Waals surface area contributed by atoms with Gasteiger partial charge < -0.3 is 0 Å². The van der Waals surface area contributed by atoms with Gasteiger partial charge in [-0.1, -0.05) is 11.6 Å². The molecule has 2 fully saturated rings. The Balaban J connectivity index is 1.60. The van der Waals surface area contributed by atoms with Gasteiger partial charge in [0.2, 0.25) is 0 Å². The Bertz CT molecular complexity index is 372. The first-order chi connectivity index (χ1) is 8.29. The minimum absolute atomic E-state index is 0.611. The minimum atomic E-state index is 0.611. The quantitative estimate of drug-likeness (QED) is 0.720. The van der Waals surface area contributed by atoms with Crippen LogP contribution in [0.1, 0.15) is 31.2 Å². The molecule has 2 nitrogen and oxygen atoms in total. The van der Waals surface area contributed by atoms with Crippen molar-refractivity contribution in [3.05, 3.63) is 29.0 Å². The second-order valence-electron chi connectivity index (χ2n) is 5.57. The Morgan fingerprint density at radius 2 is 1.82 bits per heavy atom. The second-order valence-corrected chi connectivity index (χ2v) is 5.95. The molecule has 3 rings (SSSR count). The molecular weight excluding hydrogens is 232 g/mol. The van der Waals surface area contributed by atoms with E-state index in [0.717, 1.165) is 18.4 Å². The molecule has 2 saturated carbocycles. The molecule has 2 aliphatic rings. The highest BCUT2D eigenvalue weighted by atomic mass is 35.5. The summed E-state index contributed by atoms with van der Waals surface area (Å²) in [5, 5.41) is 0.611. The van der Waals surface area contributed by atoms with E-state index in [1.807, 2.05) is 12.3 Å². The first-order valence-corrected chi connectivity index (χ1v) is 7.00. The van der Waals surface area contributed by atoms with E-state index < -0.39 is 0 Å². The largest absolute Gasteiger partial charge is 0.299 e. The van der Waals surface area contributed by atoms with Crippen LogP contribution in [-0.2, 0) is 6.54 Å². The Hall–Kier alpha value is -0.600. The van der Waals surface area contributed by atoms with Crippen molar-refractivity contribution in [3.8, 4) is 0 Å². The van der Waals surface area contributed by atoms with Crippen molar-refractivity contribution >= 4 is 11.6 Å². The topological polar surface area (TPSA) is 16.1 Å². The normalized spacial score (nSPS) is 19.9. The third-order valence-electron chi connectivity index (χ3n) is 3.62. The van der Waals surface area contributed by atoms with Gasteiger partial charge in [0, 0.05) is 25.8 Å². The molecule has 1 heterocycles. The van der Waals surface area contributed by atoms with Gasteiger partial charge in [0.25, 0.3) is 0 Å². The van der Waals surface area contributed by atoms with Crippen molar-refractivity contribution in [1.82, 2.24) is 9.88 Å². The number of halogens is 1. The maximum atomic E-state index is 5.93. The maximum Gasteiger partial charge on any atom is 0.129 e. The van der Waals surface area contributed by atoms with E-state index in [4.69, 9.17) is 11.6 Å². The van der Waals surface area contributed by atoms with Gasteiger partial charge in [-0.15, -0.1) is 0 Å². The Kier molecular flexibility index (Phi) is 3.34. The van der Waals surface area contributed by atoms with Crippen molar-refractivity contribution in [3.63, 3.8) is 0 Å². The molecule has 0 N–H and O–H groups in total. The van der Waals surface area contributed by atoms with Crippen molar-refractivity contribution in [1.29, 1.82) is 0 Å². The molecule has 0 amide bonds. The van der Waals surface area contributed by atoms with Crippen LogP contribution in [-0.4, -0.2) is 23.0 Å². The summed E-state index contributed by atoms with van der Waals surface area (Å²) in [6, 6.07) is 4.08. The fraction of sp³-hybridized carbons (Fsp3) is 0.643. The molecule has 92 valence electrons. The standard InChI is InChI=1S/C14H19ClN2/c15-14-7-13(5-6-16-14)10-17(8-11-1-2-11)9-12-3-4-12/h5-7,11-12H,1-4,8-10H2. The summed E-state index contributed by atoms with van der Waals surface area (Å²) in [5.41, 5.74) is 1.30. The SMILES string of the molecule is Clc1cc(CN(CC2CC2)CC2CC2)ccn1. The van der Waals surface area contributed by atoms with E-state index in [-0.39, 0.29) is 0 Å². The highest BCUT2D eigenvalue weighted by molar-refractivity contribution is 6.29. The molecule has 0 saturated heterocycles. The van der Waals surface area contributed by atoms with E-state index in [1.54, 1.807) is 0 Å². The van der Waals surface area contributed by atoms with Gasteiger partial charge in [0.05, 0.1) is 0 Å². The van der Waals surface area contributed by atoms with Gasteiger partial charge in [-0.3, -0.25) is 4.90 Å².